The second kappa shape index (κ2) is 9.44. The first kappa shape index (κ1) is 22.5. The van der Waals surface area contributed by atoms with Gasteiger partial charge in [-0.3, -0.25) is 9.36 Å². The van der Waals surface area contributed by atoms with E-state index in [1.165, 1.54) is 30.1 Å². The molecule has 8 heteroatoms. The van der Waals surface area contributed by atoms with Crippen molar-refractivity contribution in [1.29, 1.82) is 0 Å². The minimum atomic E-state index is -0.715. The quantitative estimate of drug-likeness (QED) is 0.532. The predicted molar refractivity (Wildman–Crippen MR) is 126 cm³/mol. The minimum Gasteiger partial charge on any atom is -0.469 e. The van der Waals surface area contributed by atoms with Crippen molar-refractivity contribution in [2.75, 3.05) is 12.4 Å². The zero-order valence-corrected chi connectivity index (χ0v) is 19.1. The van der Waals surface area contributed by atoms with Crippen LogP contribution in [0.1, 0.15) is 42.4 Å². The third kappa shape index (κ3) is 5.22. The van der Waals surface area contributed by atoms with E-state index in [1.54, 1.807) is 6.92 Å². The Hall–Kier alpha value is -3.68. The van der Waals surface area contributed by atoms with Gasteiger partial charge in [-0.1, -0.05) is 48.9 Å². The molecular weight excluding hydrogens is 420 g/mol. The van der Waals surface area contributed by atoms with Crippen LogP contribution in [-0.4, -0.2) is 27.2 Å². The van der Waals surface area contributed by atoms with Crippen LogP contribution in [-0.2, 0) is 22.6 Å². The van der Waals surface area contributed by atoms with Crippen molar-refractivity contribution in [2.24, 2.45) is 5.92 Å². The zero-order chi connectivity index (χ0) is 23.5. The molecule has 0 saturated heterocycles. The summed E-state index contributed by atoms with van der Waals surface area (Å²) in [5, 5.41) is 3.13. The van der Waals surface area contributed by atoms with Gasteiger partial charge in [-0.2, -0.15) is 4.98 Å². The molecule has 0 unspecified atom stereocenters. The van der Waals surface area contributed by atoms with Gasteiger partial charge in [0.2, 0.25) is 5.95 Å². The van der Waals surface area contributed by atoms with Gasteiger partial charge in [0, 0.05) is 12.2 Å². The van der Waals surface area contributed by atoms with E-state index in [2.05, 4.69) is 22.4 Å². The molecule has 0 amide bonds. The van der Waals surface area contributed by atoms with Gasteiger partial charge in [-0.15, -0.1) is 0 Å². The largest absolute Gasteiger partial charge is 0.469 e. The summed E-state index contributed by atoms with van der Waals surface area (Å²) in [6.45, 7) is 3.71. The fraction of sp³-hybridized carbons (Fsp3) is 0.360. The number of nitrogens with one attached hydrogen (secondary N) is 1. The van der Waals surface area contributed by atoms with E-state index in [-0.39, 0.29) is 19.0 Å². The number of rotatable bonds is 8. The highest BCUT2D eigenvalue weighted by atomic mass is 16.5. The number of hydrogen-bond acceptors (Lipinski definition) is 6. The van der Waals surface area contributed by atoms with Gasteiger partial charge in [0.25, 0.3) is 0 Å². The molecule has 1 N–H and O–H groups in total. The Morgan fingerprint density at radius 3 is 2.36 bits per heavy atom. The van der Waals surface area contributed by atoms with Gasteiger partial charge >= 0.3 is 17.3 Å². The molecule has 1 heterocycles. The smallest absolute Gasteiger partial charge is 0.354 e. The van der Waals surface area contributed by atoms with E-state index < -0.39 is 23.3 Å². The molecule has 1 aromatic heterocycles. The highest BCUT2D eigenvalue weighted by Crippen LogP contribution is 2.40. The molecule has 0 spiro atoms. The number of methoxy groups -OCH3 is 1. The van der Waals surface area contributed by atoms with Crippen molar-refractivity contribution in [3.63, 3.8) is 0 Å². The summed E-state index contributed by atoms with van der Waals surface area (Å²) < 4.78 is 7.14. The Bertz CT molecular complexity index is 1260. The summed E-state index contributed by atoms with van der Waals surface area (Å²) in [5.41, 5.74) is 2.77. The molecule has 0 radical (unpaired) electrons. The highest BCUT2D eigenvalue weighted by molar-refractivity contribution is 5.71. The number of ether oxygens (including phenoxy) is 1. The predicted octanol–water partition coefficient (Wildman–Crippen LogP) is 3.19. The Balaban J connectivity index is 1.71. The standard InChI is InChI=1S/C25H28N4O4/c1-16-4-6-18(7-5-16)15-28-23(26-21-12-10-20(11-13-21)19-8-9-19)27-24(31)29(25(28)32)14-17(2)22(30)33-3/h4-7,10-13,17,19H,8-9,14-15H2,1-3H3,(H,26,27,31)/t17-/m0/s1. The number of carbonyl (C=O) groups is 1. The molecule has 1 aliphatic carbocycles. The van der Waals surface area contributed by atoms with Gasteiger partial charge in [-0.05, 0) is 48.9 Å². The van der Waals surface area contributed by atoms with Crippen molar-refractivity contribution >= 4 is 17.6 Å². The van der Waals surface area contributed by atoms with Crippen LogP contribution in [0.25, 0.3) is 0 Å². The van der Waals surface area contributed by atoms with Crippen LogP contribution >= 0.6 is 0 Å². The van der Waals surface area contributed by atoms with E-state index in [1.807, 2.05) is 43.3 Å². The Labute approximate surface area is 191 Å². The summed E-state index contributed by atoms with van der Waals surface area (Å²) in [4.78, 5) is 42.1. The topological polar surface area (TPSA) is 95.2 Å². The van der Waals surface area contributed by atoms with Crippen molar-refractivity contribution in [3.05, 3.63) is 86.2 Å². The zero-order valence-electron chi connectivity index (χ0n) is 19.1. The van der Waals surface area contributed by atoms with Crippen LogP contribution < -0.4 is 16.7 Å². The summed E-state index contributed by atoms with van der Waals surface area (Å²) in [5.74, 6) is -0.363. The highest BCUT2D eigenvalue weighted by Gasteiger charge is 2.23. The molecule has 2 aromatic carbocycles. The maximum absolute atomic E-state index is 13.4. The van der Waals surface area contributed by atoms with Crippen LogP contribution in [0.5, 0.6) is 0 Å². The van der Waals surface area contributed by atoms with E-state index in [0.29, 0.717) is 5.92 Å². The molecule has 1 aliphatic rings. The average Bonchev–Trinajstić information content (AvgIpc) is 3.66. The van der Waals surface area contributed by atoms with Gasteiger partial charge in [0.05, 0.1) is 19.6 Å². The minimum absolute atomic E-state index is 0.110. The number of carbonyl (C=O) groups excluding carboxylic acids is 1. The number of esters is 1. The monoisotopic (exact) mass is 448 g/mol. The molecule has 3 aromatic rings. The normalized spacial score (nSPS) is 14.0. The number of anilines is 2. The van der Waals surface area contributed by atoms with Crippen LogP contribution in [0.15, 0.2) is 58.1 Å². The van der Waals surface area contributed by atoms with Crippen molar-refractivity contribution in [1.82, 2.24) is 14.1 Å². The fourth-order valence-corrected chi connectivity index (χ4v) is 3.73. The molecule has 33 heavy (non-hydrogen) atoms. The molecule has 1 atom stereocenters. The SMILES string of the molecule is COC(=O)[C@@H](C)Cn1c(=O)nc(Nc2ccc(C3CC3)cc2)n(Cc2ccc(C)cc2)c1=O. The Morgan fingerprint density at radius 2 is 1.76 bits per heavy atom. The summed E-state index contributed by atoms with van der Waals surface area (Å²) in [6, 6.07) is 15.8. The molecule has 4 rings (SSSR count). The number of aromatic nitrogens is 3. The summed E-state index contributed by atoms with van der Waals surface area (Å²) >= 11 is 0. The molecular formula is C25H28N4O4. The molecule has 172 valence electrons. The first-order chi connectivity index (χ1) is 15.9. The maximum atomic E-state index is 13.4. The third-order valence-corrected chi connectivity index (χ3v) is 5.89. The number of benzene rings is 2. The molecule has 8 nitrogen and oxygen atoms in total. The molecule has 1 fully saturated rings. The van der Waals surface area contributed by atoms with Crippen LogP contribution in [0.2, 0.25) is 0 Å². The van der Waals surface area contributed by atoms with E-state index in [4.69, 9.17) is 4.74 Å². The van der Waals surface area contributed by atoms with Gasteiger partial charge in [0.15, 0.2) is 0 Å². The maximum Gasteiger partial charge on any atom is 0.354 e. The van der Waals surface area contributed by atoms with Crippen LogP contribution in [0.3, 0.4) is 0 Å². The van der Waals surface area contributed by atoms with Gasteiger partial charge in [-0.25, -0.2) is 14.2 Å². The van der Waals surface area contributed by atoms with Gasteiger partial charge < -0.3 is 10.1 Å². The molecule has 0 aliphatic heterocycles. The van der Waals surface area contributed by atoms with Crippen molar-refractivity contribution in [2.45, 2.75) is 45.7 Å². The molecule has 0 bridgehead atoms. The van der Waals surface area contributed by atoms with E-state index >= 15 is 0 Å². The second-order valence-corrected chi connectivity index (χ2v) is 8.63. The lowest BCUT2D eigenvalue weighted by atomic mass is 10.1. The Morgan fingerprint density at radius 1 is 1.09 bits per heavy atom. The first-order valence-electron chi connectivity index (χ1n) is 11.1. The average molecular weight is 449 g/mol. The van der Waals surface area contributed by atoms with E-state index in [0.717, 1.165) is 21.4 Å². The summed E-state index contributed by atoms with van der Waals surface area (Å²) in [6.07, 6.45) is 2.43. The lowest BCUT2D eigenvalue weighted by Gasteiger charge is -2.17. The first-order valence-corrected chi connectivity index (χ1v) is 11.1. The lowest BCUT2D eigenvalue weighted by Crippen LogP contribution is -2.44. The fourth-order valence-electron chi connectivity index (χ4n) is 3.73. The van der Waals surface area contributed by atoms with Crippen LogP contribution in [0.4, 0.5) is 11.6 Å². The van der Waals surface area contributed by atoms with Crippen molar-refractivity contribution in [3.8, 4) is 0 Å². The number of nitrogens with zero attached hydrogens (tertiary/aromatic N) is 3. The Kier molecular flexibility index (Phi) is 6.44. The summed E-state index contributed by atoms with van der Waals surface area (Å²) in [7, 11) is 1.27. The number of hydrogen-bond donors (Lipinski definition) is 1. The van der Waals surface area contributed by atoms with Crippen LogP contribution in [0, 0.1) is 12.8 Å². The number of aryl methyl sites for hydroxylation is 1. The molecule has 1 saturated carbocycles. The van der Waals surface area contributed by atoms with E-state index in [9.17, 15) is 14.4 Å². The second-order valence-electron chi connectivity index (χ2n) is 8.63. The van der Waals surface area contributed by atoms with Gasteiger partial charge in [0.1, 0.15) is 0 Å². The third-order valence-electron chi connectivity index (χ3n) is 5.89. The van der Waals surface area contributed by atoms with Crippen molar-refractivity contribution < 1.29 is 9.53 Å². The lowest BCUT2D eigenvalue weighted by molar-refractivity contribution is -0.145.